The van der Waals surface area contributed by atoms with E-state index in [-0.39, 0.29) is 6.17 Å². The molecule has 0 aliphatic carbocycles. The molecule has 204 valence electrons. The summed E-state index contributed by atoms with van der Waals surface area (Å²) < 4.78 is 11.8. The predicted octanol–water partition coefficient (Wildman–Crippen LogP) is 10.7. The molecule has 0 radical (unpaired) electrons. The van der Waals surface area contributed by atoms with Gasteiger partial charge >= 0.3 is 0 Å². The van der Waals surface area contributed by atoms with Gasteiger partial charge in [0.1, 0.15) is 17.7 Å². The third kappa shape index (κ3) is 3.67. The van der Waals surface area contributed by atoms with Crippen molar-refractivity contribution in [1.29, 1.82) is 0 Å². The van der Waals surface area contributed by atoms with Gasteiger partial charge in [-0.2, -0.15) is 0 Å². The number of hydrogen-bond donors (Lipinski definition) is 1. The standard InChI is InChI=1S/C39H26N2OS/c1-24-11-10-19-34(42-33-18-8-4-12-25(24)33)30-23-37(40-31-16-6-2-13-26(30)31)41-32-17-7-3-14-27(32)28-21-22-36-38(39(28)41)29-15-5-9-20-35(29)43-36/h2-23,37,40H,1H2/b11-10-,34-19-. The number of allylic oxidation sites excluding steroid dienone is 5. The Hall–Kier alpha value is -5.32. The van der Waals surface area contributed by atoms with Crippen LogP contribution in [0.5, 0.6) is 5.75 Å². The maximum atomic E-state index is 6.71. The van der Waals surface area contributed by atoms with Gasteiger partial charge in [-0.25, -0.2) is 0 Å². The number of fused-ring (bicyclic) bond motifs is 9. The van der Waals surface area contributed by atoms with Crippen molar-refractivity contribution >= 4 is 70.1 Å². The SMILES string of the molecule is C=C1/C=C\C=C(\C2=CC(n3c4ccccc4c4ccc5sc6ccccc6c5c43)Nc3ccccc32)Oc2ccccc21. The summed E-state index contributed by atoms with van der Waals surface area (Å²) in [5.41, 5.74) is 7.62. The smallest absolute Gasteiger partial charge is 0.135 e. The molecular weight excluding hydrogens is 545 g/mol. The van der Waals surface area contributed by atoms with Gasteiger partial charge in [-0.3, -0.25) is 0 Å². The van der Waals surface area contributed by atoms with Gasteiger partial charge in [0.15, 0.2) is 0 Å². The van der Waals surface area contributed by atoms with Crippen molar-refractivity contribution in [1.82, 2.24) is 4.57 Å². The lowest BCUT2D eigenvalue weighted by Gasteiger charge is -2.30. The Morgan fingerprint density at radius 3 is 2.42 bits per heavy atom. The second-order valence-corrected chi connectivity index (χ2v) is 12.1. The lowest BCUT2D eigenvalue weighted by molar-refractivity contribution is 0.447. The van der Waals surface area contributed by atoms with Gasteiger partial charge < -0.3 is 14.6 Å². The first-order chi connectivity index (χ1) is 21.2. The van der Waals surface area contributed by atoms with E-state index in [9.17, 15) is 0 Å². The lowest BCUT2D eigenvalue weighted by atomic mass is 9.96. The van der Waals surface area contributed by atoms with Crippen LogP contribution < -0.4 is 10.1 Å². The number of ether oxygens (including phenoxy) is 1. The number of hydrogen-bond acceptors (Lipinski definition) is 3. The minimum absolute atomic E-state index is 0.152. The van der Waals surface area contributed by atoms with Gasteiger partial charge in [-0.05, 0) is 48.1 Å². The first kappa shape index (κ1) is 24.3. The molecule has 0 fully saturated rings. The highest BCUT2D eigenvalue weighted by Crippen LogP contribution is 2.46. The van der Waals surface area contributed by atoms with Crippen molar-refractivity contribution in [2.45, 2.75) is 6.17 Å². The number of benzene rings is 5. The molecule has 0 amide bonds. The number of aromatic nitrogens is 1. The Kier molecular flexibility index (Phi) is 5.28. The van der Waals surface area contributed by atoms with Crippen molar-refractivity contribution in [2.24, 2.45) is 0 Å². The summed E-state index contributed by atoms with van der Waals surface area (Å²) >= 11 is 1.86. The number of nitrogens with zero attached hydrogens (tertiary/aromatic N) is 1. The molecular formula is C39H26N2OS. The number of anilines is 1. The lowest BCUT2D eigenvalue weighted by Crippen LogP contribution is -2.21. The molecule has 3 nitrogen and oxygen atoms in total. The minimum Gasteiger partial charge on any atom is -0.456 e. The number of nitrogens with one attached hydrogen (secondary N) is 1. The van der Waals surface area contributed by atoms with Crippen molar-refractivity contribution in [3.8, 4) is 5.75 Å². The van der Waals surface area contributed by atoms with Crippen molar-refractivity contribution < 1.29 is 4.74 Å². The summed E-state index contributed by atoms with van der Waals surface area (Å²) in [6.07, 6.45) is 8.32. The van der Waals surface area contributed by atoms with E-state index in [2.05, 4.69) is 126 Å². The average Bonchev–Trinajstić information content (AvgIpc) is 3.59. The van der Waals surface area contributed by atoms with Crippen LogP contribution in [0.2, 0.25) is 0 Å². The van der Waals surface area contributed by atoms with E-state index in [1.54, 1.807) is 0 Å². The molecule has 1 unspecified atom stereocenters. The van der Waals surface area contributed by atoms with Crippen molar-refractivity contribution in [3.05, 3.63) is 157 Å². The molecule has 0 spiro atoms. The van der Waals surface area contributed by atoms with Crippen LogP contribution >= 0.6 is 11.3 Å². The number of para-hydroxylation sites is 3. The topological polar surface area (TPSA) is 26.2 Å². The molecule has 7 aromatic rings. The molecule has 4 heteroatoms. The summed E-state index contributed by atoms with van der Waals surface area (Å²) in [4.78, 5) is 0. The van der Waals surface area contributed by atoms with E-state index < -0.39 is 0 Å². The summed E-state index contributed by atoms with van der Waals surface area (Å²) in [6.45, 7) is 4.25. The third-order valence-corrected chi connectivity index (χ3v) is 9.73. The van der Waals surface area contributed by atoms with Gasteiger partial charge in [0.05, 0.1) is 11.0 Å². The normalized spacial score (nSPS) is 18.2. The predicted molar refractivity (Wildman–Crippen MR) is 183 cm³/mol. The molecule has 4 heterocycles. The van der Waals surface area contributed by atoms with Crippen LogP contribution in [0.1, 0.15) is 17.3 Å². The van der Waals surface area contributed by atoms with Gasteiger partial charge in [-0.1, -0.05) is 97.6 Å². The van der Waals surface area contributed by atoms with E-state index in [1.165, 1.54) is 42.0 Å². The summed E-state index contributed by atoms with van der Waals surface area (Å²) in [7, 11) is 0. The van der Waals surface area contributed by atoms with Crippen LogP contribution in [0, 0.1) is 0 Å². The Labute approximate surface area is 253 Å². The average molecular weight is 571 g/mol. The largest absolute Gasteiger partial charge is 0.456 e. The highest BCUT2D eigenvalue weighted by atomic mass is 32.1. The highest BCUT2D eigenvalue weighted by molar-refractivity contribution is 7.26. The fraction of sp³-hybridized carbons (Fsp3) is 0.0256. The van der Waals surface area contributed by atoms with Crippen LogP contribution in [0.15, 0.2) is 146 Å². The molecule has 2 aliphatic heterocycles. The van der Waals surface area contributed by atoms with Crippen molar-refractivity contribution in [3.63, 3.8) is 0 Å². The second-order valence-electron chi connectivity index (χ2n) is 11.0. The minimum atomic E-state index is -0.152. The maximum absolute atomic E-state index is 6.71. The van der Waals surface area contributed by atoms with Crippen LogP contribution in [-0.4, -0.2) is 4.57 Å². The van der Waals surface area contributed by atoms with Crippen LogP contribution in [0.4, 0.5) is 5.69 Å². The Morgan fingerprint density at radius 1 is 0.721 bits per heavy atom. The zero-order valence-corrected chi connectivity index (χ0v) is 24.1. The maximum Gasteiger partial charge on any atom is 0.135 e. The molecule has 1 atom stereocenters. The van der Waals surface area contributed by atoms with E-state index in [0.717, 1.165) is 39.5 Å². The summed E-state index contributed by atoms with van der Waals surface area (Å²) in [5, 5.41) is 9.01. The van der Waals surface area contributed by atoms with E-state index >= 15 is 0 Å². The fourth-order valence-corrected chi connectivity index (χ4v) is 7.80. The summed E-state index contributed by atoms with van der Waals surface area (Å²) in [5.74, 6) is 1.61. The highest BCUT2D eigenvalue weighted by Gasteiger charge is 2.27. The fourth-order valence-electron chi connectivity index (χ4n) is 6.69. The van der Waals surface area contributed by atoms with E-state index in [1.807, 2.05) is 35.6 Å². The van der Waals surface area contributed by atoms with Crippen LogP contribution in [-0.2, 0) is 0 Å². The Bertz CT molecular complexity index is 2380. The van der Waals surface area contributed by atoms with Gasteiger partial charge in [0, 0.05) is 53.3 Å². The van der Waals surface area contributed by atoms with Crippen LogP contribution in [0.3, 0.4) is 0 Å². The first-order valence-corrected chi connectivity index (χ1v) is 15.3. The molecule has 0 saturated carbocycles. The molecule has 1 N–H and O–H groups in total. The van der Waals surface area contributed by atoms with Crippen molar-refractivity contribution in [2.75, 3.05) is 5.32 Å². The zero-order chi connectivity index (χ0) is 28.5. The summed E-state index contributed by atoms with van der Waals surface area (Å²) in [6, 6.07) is 38.7. The second kappa shape index (κ2) is 9.35. The zero-order valence-electron chi connectivity index (χ0n) is 23.2. The Morgan fingerprint density at radius 2 is 1.49 bits per heavy atom. The molecule has 0 bridgehead atoms. The van der Waals surface area contributed by atoms with Gasteiger partial charge in [0.2, 0.25) is 0 Å². The third-order valence-electron chi connectivity index (χ3n) is 8.60. The molecule has 9 rings (SSSR count). The number of rotatable bonds is 2. The molecule has 2 aromatic heterocycles. The van der Waals surface area contributed by atoms with Gasteiger partial charge in [-0.15, -0.1) is 11.3 Å². The van der Waals surface area contributed by atoms with E-state index in [0.29, 0.717) is 0 Å². The molecule has 5 aromatic carbocycles. The quantitative estimate of drug-likeness (QED) is 0.224. The van der Waals surface area contributed by atoms with Crippen LogP contribution in [0.25, 0.3) is 53.1 Å². The first-order valence-electron chi connectivity index (χ1n) is 14.5. The monoisotopic (exact) mass is 570 g/mol. The van der Waals surface area contributed by atoms with E-state index in [4.69, 9.17) is 4.74 Å². The molecule has 43 heavy (non-hydrogen) atoms. The number of thiophene rings is 1. The molecule has 0 saturated heterocycles. The van der Waals surface area contributed by atoms with Gasteiger partial charge in [0.25, 0.3) is 0 Å². The molecule has 2 aliphatic rings. The Balaban J connectivity index is 1.33.